The van der Waals surface area contributed by atoms with Crippen LogP contribution in [0.5, 0.6) is 0 Å². The van der Waals surface area contributed by atoms with Crippen molar-refractivity contribution in [2.45, 2.75) is 37.6 Å². The molecule has 1 aromatic rings. The molecule has 0 heterocycles. The maximum atomic E-state index is 13.0. The van der Waals surface area contributed by atoms with Crippen molar-refractivity contribution in [3.63, 3.8) is 0 Å². The third-order valence-corrected chi connectivity index (χ3v) is 4.56. The molecule has 104 valence electrons. The maximum Gasteiger partial charge on any atom is 0.252 e. The molecule has 0 atom stereocenters. The van der Waals surface area contributed by atoms with Gasteiger partial charge in [0, 0.05) is 3.57 Å². The van der Waals surface area contributed by atoms with Crippen LogP contribution in [-0.4, -0.2) is 23.2 Å². The molecule has 0 radical (unpaired) electrons. The van der Waals surface area contributed by atoms with Crippen molar-refractivity contribution in [2.75, 3.05) is 6.61 Å². The number of carbonyl (C=O) groups excluding carboxylic acids is 1. The lowest BCUT2D eigenvalue weighted by atomic mass is 9.82. The molecule has 0 saturated heterocycles. The zero-order valence-corrected chi connectivity index (χ0v) is 12.7. The second-order valence-corrected chi connectivity index (χ2v) is 6.24. The molecule has 0 bridgehead atoms. The van der Waals surface area contributed by atoms with Gasteiger partial charge in [-0.1, -0.05) is 19.3 Å². The van der Waals surface area contributed by atoms with Gasteiger partial charge < -0.3 is 10.4 Å². The average Bonchev–Trinajstić information content (AvgIpc) is 2.39. The Hall–Kier alpha value is -0.690. The number of hydrogen-bond acceptors (Lipinski definition) is 2. The second-order valence-electron chi connectivity index (χ2n) is 5.08. The minimum absolute atomic E-state index is 0.0451. The summed E-state index contributed by atoms with van der Waals surface area (Å²) in [6, 6.07) is 4.10. The Morgan fingerprint density at radius 2 is 2.05 bits per heavy atom. The van der Waals surface area contributed by atoms with Crippen LogP contribution < -0.4 is 5.32 Å². The number of amides is 1. The molecule has 19 heavy (non-hydrogen) atoms. The van der Waals surface area contributed by atoms with E-state index in [0.29, 0.717) is 9.13 Å². The molecule has 1 aliphatic carbocycles. The van der Waals surface area contributed by atoms with Gasteiger partial charge in [0.1, 0.15) is 5.82 Å². The number of benzene rings is 1. The van der Waals surface area contributed by atoms with Crippen molar-refractivity contribution in [2.24, 2.45) is 0 Å². The predicted molar refractivity (Wildman–Crippen MR) is 79.5 cm³/mol. The number of hydrogen-bond donors (Lipinski definition) is 2. The van der Waals surface area contributed by atoms with E-state index < -0.39 is 5.54 Å². The molecular weight excluding hydrogens is 360 g/mol. The van der Waals surface area contributed by atoms with Crippen molar-refractivity contribution in [1.29, 1.82) is 0 Å². The minimum atomic E-state index is -0.507. The third-order valence-electron chi connectivity index (χ3n) is 3.67. The Morgan fingerprint density at radius 3 is 2.63 bits per heavy atom. The van der Waals surface area contributed by atoms with E-state index in [1.54, 1.807) is 0 Å². The highest BCUT2D eigenvalue weighted by atomic mass is 127. The molecule has 1 amide bonds. The van der Waals surface area contributed by atoms with E-state index >= 15 is 0 Å². The van der Waals surface area contributed by atoms with Crippen LogP contribution >= 0.6 is 22.6 Å². The monoisotopic (exact) mass is 377 g/mol. The molecule has 0 spiro atoms. The average molecular weight is 377 g/mol. The summed E-state index contributed by atoms with van der Waals surface area (Å²) in [5, 5.41) is 12.5. The van der Waals surface area contributed by atoms with Crippen molar-refractivity contribution < 1.29 is 14.3 Å². The van der Waals surface area contributed by atoms with E-state index in [0.717, 1.165) is 32.1 Å². The highest BCUT2D eigenvalue weighted by molar-refractivity contribution is 14.1. The van der Waals surface area contributed by atoms with Crippen LogP contribution in [0, 0.1) is 9.39 Å². The molecule has 1 aliphatic rings. The van der Waals surface area contributed by atoms with Crippen LogP contribution in [0.15, 0.2) is 18.2 Å². The Kier molecular flexibility index (Phi) is 4.78. The number of aliphatic hydroxyl groups excluding tert-OH is 1. The smallest absolute Gasteiger partial charge is 0.252 e. The van der Waals surface area contributed by atoms with Gasteiger partial charge in [0.15, 0.2) is 0 Å². The van der Waals surface area contributed by atoms with Crippen LogP contribution in [0.25, 0.3) is 0 Å². The fourth-order valence-corrected chi connectivity index (χ4v) is 3.26. The van der Waals surface area contributed by atoms with Crippen LogP contribution in [0.1, 0.15) is 42.5 Å². The summed E-state index contributed by atoms with van der Waals surface area (Å²) in [5.74, 6) is -0.587. The number of halogens is 2. The second kappa shape index (κ2) is 6.17. The highest BCUT2D eigenvalue weighted by Gasteiger charge is 2.33. The van der Waals surface area contributed by atoms with Gasteiger partial charge in [-0.05, 0) is 53.6 Å². The first kappa shape index (κ1) is 14.7. The number of nitrogens with one attached hydrogen (secondary N) is 1. The molecular formula is C14H17FINO2. The zero-order valence-electron chi connectivity index (χ0n) is 10.6. The topological polar surface area (TPSA) is 49.3 Å². The lowest BCUT2D eigenvalue weighted by molar-refractivity contribution is 0.0757. The van der Waals surface area contributed by atoms with Crippen molar-refractivity contribution in [3.05, 3.63) is 33.1 Å². The summed E-state index contributed by atoms with van der Waals surface area (Å²) in [4.78, 5) is 12.3. The molecule has 2 rings (SSSR count). The van der Waals surface area contributed by atoms with E-state index in [-0.39, 0.29) is 18.3 Å². The van der Waals surface area contributed by atoms with Crippen molar-refractivity contribution >= 4 is 28.5 Å². The lowest BCUT2D eigenvalue weighted by Crippen LogP contribution is -2.52. The van der Waals surface area contributed by atoms with Crippen LogP contribution in [0.2, 0.25) is 0 Å². The first-order valence-electron chi connectivity index (χ1n) is 6.45. The van der Waals surface area contributed by atoms with E-state index in [9.17, 15) is 14.3 Å². The van der Waals surface area contributed by atoms with Crippen LogP contribution in [-0.2, 0) is 0 Å². The Labute approximate surface area is 125 Å². The van der Waals surface area contributed by atoms with E-state index in [1.807, 2.05) is 22.6 Å². The first-order chi connectivity index (χ1) is 9.06. The van der Waals surface area contributed by atoms with Gasteiger partial charge in [-0.25, -0.2) is 4.39 Å². The zero-order chi connectivity index (χ0) is 13.9. The van der Waals surface area contributed by atoms with Crippen LogP contribution in [0.3, 0.4) is 0 Å². The summed E-state index contributed by atoms with van der Waals surface area (Å²) >= 11 is 1.95. The quantitative estimate of drug-likeness (QED) is 0.796. The van der Waals surface area contributed by atoms with Gasteiger partial charge in [-0.15, -0.1) is 0 Å². The standard InChI is InChI=1S/C14H17FINO2/c15-10-4-5-11(12(16)8-10)13(19)17-14(9-18)6-2-1-3-7-14/h4-5,8,18H,1-3,6-7,9H2,(H,17,19). The molecule has 1 saturated carbocycles. The van der Waals surface area contributed by atoms with Gasteiger partial charge in [-0.2, -0.15) is 0 Å². The summed E-state index contributed by atoms with van der Waals surface area (Å²) in [6.07, 6.45) is 4.77. The number of rotatable bonds is 3. The summed E-state index contributed by atoms with van der Waals surface area (Å²) in [5.41, 5.74) is -0.0484. The van der Waals surface area contributed by atoms with Gasteiger partial charge in [0.05, 0.1) is 17.7 Å². The fraction of sp³-hybridized carbons (Fsp3) is 0.500. The molecule has 0 unspecified atom stereocenters. The normalized spacial score (nSPS) is 18.1. The van der Waals surface area contributed by atoms with E-state index in [1.165, 1.54) is 18.2 Å². The van der Waals surface area contributed by atoms with E-state index in [4.69, 9.17) is 0 Å². The third kappa shape index (κ3) is 3.45. The molecule has 2 N–H and O–H groups in total. The first-order valence-corrected chi connectivity index (χ1v) is 7.53. The Morgan fingerprint density at radius 1 is 1.37 bits per heavy atom. The predicted octanol–water partition coefficient (Wildman–Crippen LogP) is 2.86. The largest absolute Gasteiger partial charge is 0.394 e. The SMILES string of the molecule is O=C(NC1(CO)CCCCC1)c1ccc(F)cc1I. The molecule has 0 aromatic heterocycles. The highest BCUT2D eigenvalue weighted by Crippen LogP contribution is 2.28. The number of carbonyl (C=O) groups is 1. The number of aliphatic hydroxyl groups is 1. The molecule has 3 nitrogen and oxygen atoms in total. The van der Waals surface area contributed by atoms with Gasteiger partial charge in [0.25, 0.3) is 5.91 Å². The maximum absolute atomic E-state index is 13.0. The molecule has 5 heteroatoms. The Bertz CT molecular complexity index is 473. The molecule has 0 aliphatic heterocycles. The van der Waals surface area contributed by atoms with Crippen molar-refractivity contribution in [1.82, 2.24) is 5.32 Å². The van der Waals surface area contributed by atoms with E-state index in [2.05, 4.69) is 5.32 Å². The summed E-state index contributed by atoms with van der Waals surface area (Å²) in [6.45, 7) is -0.0451. The minimum Gasteiger partial charge on any atom is -0.394 e. The summed E-state index contributed by atoms with van der Waals surface area (Å²) in [7, 11) is 0. The van der Waals surface area contributed by atoms with Gasteiger partial charge >= 0.3 is 0 Å². The molecule has 1 fully saturated rings. The van der Waals surface area contributed by atoms with Crippen LogP contribution in [0.4, 0.5) is 4.39 Å². The summed E-state index contributed by atoms with van der Waals surface area (Å²) < 4.78 is 13.6. The van der Waals surface area contributed by atoms with Gasteiger partial charge in [-0.3, -0.25) is 4.79 Å². The van der Waals surface area contributed by atoms with Crippen molar-refractivity contribution in [3.8, 4) is 0 Å². The Balaban J connectivity index is 2.15. The molecule has 1 aromatic carbocycles. The fourth-order valence-electron chi connectivity index (χ4n) is 2.53. The van der Waals surface area contributed by atoms with Gasteiger partial charge in [0.2, 0.25) is 0 Å². The lowest BCUT2D eigenvalue weighted by Gasteiger charge is -2.36.